The van der Waals surface area contributed by atoms with Crippen molar-refractivity contribution in [2.24, 2.45) is 5.10 Å². The number of carbonyl (C=O) groups is 1. The average Bonchev–Trinajstić information content (AvgIpc) is 3.09. The molecule has 0 bridgehead atoms. The number of nitrogens with zero attached hydrogens (tertiary/aromatic N) is 4. The Morgan fingerprint density at radius 2 is 1.89 bits per heavy atom. The molecule has 1 aromatic heterocycles. The Bertz CT molecular complexity index is 1020. The molecule has 142 valence electrons. The van der Waals surface area contributed by atoms with Crippen molar-refractivity contribution >= 4 is 35.0 Å². The van der Waals surface area contributed by atoms with E-state index < -0.39 is 11.2 Å². The fourth-order valence-electron chi connectivity index (χ4n) is 2.74. The first-order chi connectivity index (χ1) is 13.6. The van der Waals surface area contributed by atoms with Gasteiger partial charge in [0.05, 0.1) is 11.0 Å². The van der Waals surface area contributed by atoms with Gasteiger partial charge in [-0.05, 0) is 29.8 Å². The summed E-state index contributed by atoms with van der Waals surface area (Å²) in [4.78, 5) is 11.2. The standard InChI is InChI=1S/C19H15ClN4O3S/c20-13-6-8-14(9-7-13)27-11-16-21-22-19-24(16)23-18(12-4-2-1-3-5-12)15(28-19)10-17(25)26/h1-9,15H,10-11H2,(H,25,26)/p-1/t15-/m1/s1. The van der Waals surface area contributed by atoms with Crippen molar-refractivity contribution in [3.8, 4) is 5.75 Å². The summed E-state index contributed by atoms with van der Waals surface area (Å²) in [7, 11) is 0. The molecule has 7 nitrogen and oxygen atoms in total. The normalized spacial score (nSPS) is 15.6. The SMILES string of the molecule is O=C([O-])C[C@H]1Sc2nnc(COc3ccc(Cl)cc3)n2N=C1c1ccccc1. The second kappa shape index (κ2) is 8.04. The van der Waals surface area contributed by atoms with Crippen LogP contribution in [0.5, 0.6) is 5.75 Å². The van der Waals surface area contributed by atoms with Crippen molar-refractivity contribution in [2.75, 3.05) is 0 Å². The lowest BCUT2D eigenvalue weighted by molar-refractivity contribution is -0.305. The summed E-state index contributed by atoms with van der Waals surface area (Å²) in [6.07, 6.45) is -0.165. The van der Waals surface area contributed by atoms with E-state index in [1.165, 1.54) is 11.8 Å². The quantitative estimate of drug-likeness (QED) is 0.616. The van der Waals surface area contributed by atoms with Crippen molar-refractivity contribution in [3.63, 3.8) is 0 Å². The van der Waals surface area contributed by atoms with E-state index in [-0.39, 0.29) is 13.0 Å². The highest BCUT2D eigenvalue weighted by Crippen LogP contribution is 2.32. The number of aliphatic carboxylic acids is 1. The highest BCUT2D eigenvalue weighted by atomic mass is 35.5. The first-order valence-corrected chi connectivity index (χ1v) is 9.69. The molecule has 0 fully saturated rings. The van der Waals surface area contributed by atoms with Crippen LogP contribution in [0.4, 0.5) is 0 Å². The van der Waals surface area contributed by atoms with Crippen LogP contribution in [0.25, 0.3) is 0 Å². The molecule has 3 aromatic rings. The third-order valence-electron chi connectivity index (χ3n) is 4.04. The first-order valence-electron chi connectivity index (χ1n) is 8.43. The van der Waals surface area contributed by atoms with Gasteiger partial charge in [-0.1, -0.05) is 53.7 Å². The number of thioether (sulfide) groups is 1. The van der Waals surface area contributed by atoms with Gasteiger partial charge in [0.15, 0.2) is 5.82 Å². The molecule has 0 unspecified atom stereocenters. The zero-order valence-electron chi connectivity index (χ0n) is 14.5. The number of carbonyl (C=O) groups excluding carboxylic acids is 1. The topological polar surface area (TPSA) is 92.4 Å². The number of fused-ring (bicyclic) bond motifs is 1. The van der Waals surface area contributed by atoms with Crippen molar-refractivity contribution < 1.29 is 14.6 Å². The number of rotatable bonds is 6. The molecule has 2 aromatic carbocycles. The highest BCUT2D eigenvalue weighted by Gasteiger charge is 2.29. The molecule has 0 N–H and O–H groups in total. The Kier molecular flexibility index (Phi) is 5.31. The molecule has 0 spiro atoms. The number of hydrogen-bond acceptors (Lipinski definition) is 7. The van der Waals surface area contributed by atoms with E-state index in [1.54, 1.807) is 28.9 Å². The van der Waals surface area contributed by atoms with Crippen molar-refractivity contribution in [2.45, 2.75) is 23.4 Å². The third kappa shape index (κ3) is 4.02. The minimum absolute atomic E-state index is 0.159. The number of benzene rings is 2. The number of ether oxygens (including phenoxy) is 1. The Balaban J connectivity index is 1.63. The van der Waals surface area contributed by atoms with Gasteiger partial charge in [0.1, 0.15) is 12.4 Å². The van der Waals surface area contributed by atoms with Gasteiger partial charge in [0.2, 0.25) is 5.16 Å². The number of aromatic nitrogens is 3. The zero-order chi connectivity index (χ0) is 19.5. The predicted molar refractivity (Wildman–Crippen MR) is 103 cm³/mol. The lowest BCUT2D eigenvalue weighted by Gasteiger charge is -2.23. The van der Waals surface area contributed by atoms with E-state index in [0.717, 1.165) is 5.56 Å². The van der Waals surface area contributed by atoms with Gasteiger partial charge >= 0.3 is 0 Å². The smallest absolute Gasteiger partial charge is 0.212 e. The van der Waals surface area contributed by atoms with Gasteiger partial charge in [0, 0.05) is 17.4 Å². The van der Waals surface area contributed by atoms with E-state index in [4.69, 9.17) is 16.3 Å². The van der Waals surface area contributed by atoms with E-state index in [1.807, 2.05) is 30.3 Å². The van der Waals surface area contributed by atoms with Crippen LogP contribution < -0.4 is 9.84 Å². The fraction of sp³-hybridized carbons (Fsp3) is 0.158. The van der Waals surface area contributed by atoms with Crippen LogP contribution in [0, 0.1) is 0 Å². The third-order valence-corrected chi connectivity index (χ3v) is 5.43. The molecule has 0 amide bonds. The number of hydrogen-bond donors (Lipinski definition) is 0. The van der Waals surface area contributed by atoms with Crippen molar-refractivity contribution in [1.29, 1.82) is 0 Å². The van der Waals surface area contributed by atoms with Crippen LogP contribution in [0.1, 0.15) is 17.8 Å². The van der Waals surface area contributed by atoms with Gasteiger partial charge in [-0.25, -0.2) is 0 Å². The maximum atomic E-state index is 11.2. The minimum atomic E-state index is -1.14. The molecule has 0 saturated carbocycles. The van der Waals surface area contributed by atoms with E-state index in [0.29, 0.717) is 27.5 Å². The molecular formula is C19H14ClN4O3S-. The lowest BCUT2D eigenvalue weighted by Crippen LogP contribution is -2.33. The zero-order valence-corrected chi connectivity index (χ0v) is 16.1. The molecule has 0 saturated heterocycles. The summed E-state index contributed by atoms with van der Waals surface area (Å²) in [5, 5.41) is 24.8. The second-order valence-electron chi connectivity index (χ2n) is 5.99. The number of halogens is 1. The van der Waals surface area contributed by atoms with Crippen molar-refractivity contribution in [3.05, 3.63) is 71.0 Å². The van der Waals surface area contributed by atoms with E-state index in [2.05, 4.69) is 15.3 Å². The summed E-state index contributed by atoms with van der Waals surface area (Å²) < 4.78 is 7.33. The Hall–Kier alpha value is -2.84. The van der Waals surface area contributed by atoms with E-state index >= 15 is 0 Å². The molecule has 9 heteroatoms. The van der Waals surface area contributed by atoms with Crippen LogP contribution in [-0.4, -0.2) is 31.8 Å². The van der Waals surface area contributed by atoms with Gasteiger partial charge in [-0.2, -0.15) is 9.78 Å². The molecule has 0 radical (unpaired) electrons. The molecule has 2 heterocycles. The van der Waals surface area contributed by atoms with Crippen molar-refractivity contribution in [1.82, 2.24) is 14.9 Å². The van der Waals surface area contributed by atoms with Crippen LogP contribution in [0.3, 0.4) is 0 Å². The molecule has 28 heavy (non-hydrogen) atoms. The average molecular weight is 414 g/mol. The summed E-state index contributed by atoms with van der Waals surface area (Å²) in [5.74, 6) is 0.0190. The summed E-state index contributed by atoms with van der Waals surface area (Å²) in [6, 6.07) is 16.4. The summed E-state index contributed by atoms with van der Waals surface area (Å²) in [6.45, 7) is 0.159. The minimum Gasteiger partial charge on any atom is -0.550 e. The van der Waals surface area contributed by atoms with Gasteiger partial charge < -0.3 is 14.6 Å². The predicted octanol–water partition coefficient (Wildman–Crippen LogP) is 2.38. The monoisotopic (exact) mass is 413 g/mol. The molecule has 4 rings (SSSR count). The molecule has 1 atom stereocenters. The van der Waals surface area contributed by atoms with Gasteiger partial charge in [0.25, 0.3) is 0 Å². The maximum Gasteiger partial charge on any atom is 0.212 e. The number of carboxylic acid groups (broad SMARTS) is 1. The largest absolute Gasteiger partial charge is 0.550 e. The lowest BCUT2D eigenvalue weighted by atomic mass is 10.1. The molecule has 1 aliphatic heterocycles. The van der Waals surface area contributed by atoms with Crippen LogP contribution in [0.2, 0.25) is 5.02 Å². The molecular weight excluding hydrogens is 400 g/mol. The van der Waals surface area contributed by atoms with Crippen LogP contribution in [-0.2, 0) is 11.4 Å². The van der Waals surface area contributed by atoms with Crippen LogP contribution in [0.15, 0.2) is 64.9 Å². The Morgan fingerprint density at radius 1 is 1.14 bits per heavy atom. The highest BCUT2D eigenvalue weighted by molar-refractivity contribution is 8.00. The van der Waals surface area contributed by atoms with Gasteiger partial charge in [-0.3, -0.25) is 0 Å². The Labute approximate surface area is 170 Å². The summed E-state index contributed by atoms with van der Waals surface area (Å²) >= 11 is 7.18. The second-order valence-corrected chi connectivity index (χ2v) is 7.59. The molecule has 1 aliphatic rings. The van der Waals surface area contributed by atoms with E-state index in [9.17, 15) is 9.90 Å². The van der Waals surface area contributed by atoms with Crippen LogP contribution >= 0.6 is 23.4 Å². The maximum absolute atomic E-state index is 11.2. The number of carboxylic acids is 1. The Morgan fingerprint density at radius 3 is 2.61 bits per heavy atom. The summed E-state index contributed by atoms with van der Waals surface area (Å²) in [5.41, 5.74) is 1.47. The molecule has 0 aliphatic carbocycles. The van der Waals surface area contributed by atoms with Gasteiger partial charge in [-0.15, -0.1) is 10.2 Å². The first kappa shape index (κ1) is 18.5. The fourth-order valence-corrected chi connectivity index (χ4v) is 3.96.